The lowest BCUT2D eigenvalue weighted by molar-refractivity contribution is 0.376. The van der Waals surface area contributed by atoms with Crippen molar-refractivity contribution in [3.63, 3.8) is 0 Å². The van der Waals surface area contributed by atoms with Gasteiger partial charge in [0.1, 0.15) is 5.76 Å². The normalized spacial score (nSPS) is 14.5. The number of nitrogens with one attached hydrogen (secondary N) is 1. The summed E-state index contributed by atoms with van der Waals surface area (Å²) in [6.07, 6.45) is 2.75. The van der Waals surface area contributed by atoms with Gasteiger partial charge in [-0.25, -0.2) is 0 Å². The number of furan rings is 1. The average Bonchev–Trinajstić information content (AvgIpc) is 2.90. The summed E-state index contributed by atoms with van der Waals surface area (Å²) in [5.74, 6) is 1.01. The Morgan fingerprint density at radius 3 is 2.47 bits per heavy atom. The van der Waals surface area contributed by atoms with Gasteiger partial charge in [0, 0.05) is 6.04 Å². The van der Waals surface area contributed by atoms with Crippen LogP contribution in [0.4, 0.5) is 0 Å². The molecule has 2 aromatic rings. The first-order chi connectivity index (χ1) is 8.31. The molecule has 0 amide bonds. The topological polar surface area (TPSA) is 25.2 Å². The summed E-state index contributed by atoms with van der Waals surface area (Å²) in [5.41, 5.74) is 1.30. The quantitative estimate of drug-likeness (QED) is 0.835. The first-order valence-corrected chi connectivity index (χ1v) is 6.15. The summed E-state index contributed by atoms with van der Waals surface area (Å²) >= 11 is 0. The predicted molar refractivity (Wildman–Crippen MR) is 69.7 cm³/mol. The van der Waals surface area contributed by atoms with E-state index in [1.165, 1.54) is 5.56 Å². The van der Waals surface area contributed by atoms with E-state index in [0.717, 1.165) is 12.2 Å². The van der Waals surface area contributed by atoms with Crippen LogP contribution in [0.5, 0.6) is 0 Å². The second kappa shape index (κ2) is 5.69. The van der Waals surface area contributed by atoms with Gasteiger partial charge in [-0.2, -0.15) is 0 Å². The van der Waals surface area contributed by atoms with Crippen molar-refractivity contribution < 1.29 is 4.42 Å². The molecule has 0 saturated heterocycles. The van der Waals surface area contributed by atoms with Gasteiger partial charge in [-0.05, 0) is 31.0 Å². The Morgan fingerprint density at radius 2 is 1.88 bits per heavy atom. The van der Waals surface area contributed by atoms with E-state index in [0.29, 0.717) is 6.04 Å². The van der Waals surface area contributed by atoms with Crippen molar-refractivity contribution in [3.05, 3.63) is 60.1 Å². The molecule has 0 aliphatic heterocycles. The summed E-state index contributed by atoms with van der Waals surface area (Å²) in [4.78, 5) is 0. The third-order valence-corrected chi connectivity index (χ3v) is 3.05. The zero-order valence-electron chi connectivity index (χ0n) is 10.4. The minimum atomic E-state index is 0.278. The lowest BCUT2D eigenvalue weighted by Crippen LogP contribution is -2.23. The molecule has 0 aliphatic carbocycles. The van der Waals surface area contributed by atoms with Gasteiger partial charge in [0.15, 0.2) is 0 Å². The molecule has 1 aromatic heterocycles. The largest absolute Gasteiger partial charge is 0.468 e. The molecule has 1 aromatic carbocycles. The summed E-state index contributed by atoms with van der Waals surface area (Å²) in [6.45, 7) is 4.35. The van der Waals surface area contributed by atoms with Gasteiger partial charge < -0.3 is 9.73 Å². The van der Waals surface area contributed by atoms with Crippen LogP contribution in [0.15, 0.2) is 53.1 Å². The minimum absolute atomic E-state index is 0.278. The van der Waals surface area contributed by atoms with Gasteiger partial charge in [-0.1, -0.05) is 37.3 Å². The van der Waals surface area contributed by atoms with E-state index in [1.54, 1.807) is 6.26 Å². The Balaban J connectivity index is 2.05. The van der Waals surface area contributed by atoms with Crippen LogP contribution in [-0.4, -0.2) is 0 Å². The maximum Gasteiger partial charge on any atom is 0.120 e. The highest BCUT2D eigenvalue weighted by atomic mass is 16.3. The summed E-state index contributed by atoms with van der Waals surface area (Å²) in [6, 6.07) is 15.0. The third-order valence-electron chi connectivity index (χ3n) is 3.05. The van der Waals surface area contributed by atoms with Gasteiger partial charge in [0.25, 0.3) is 0 Å². The minimum Gasteiger partial charge on any atom is -0.468 e. The smallest absolute Gasteiger partial charge is 0.120 e. The summed E-state index contributed by atoms with van der Waals surface area (Å²) in [7, 11) is 0. The molecule has 1 N–H and O–H groups in total. The van der Waals surface area contributed by atoms with Gasteiger partial charge in [-0.15, -0.1) is 0 Å². The molecule has 0 aliphatic rings. The van der Waals surface area contributed by atoms with E-state index >= 15 is 0 Å². The second-order valence-corrected chi connectivity index (χ2v) is 4.28. The highest BCUT2D eigenvalue weighted by Crippen LogP contribution is 2.22. The van der Waals surface area contributed by atoms with E-state index in [1.807, 2.05) is 18.2 Å². The maximum atomic E-state index is 5.46. The molecular weight excluding hydrogens is 210 g/mol. The average molecular weight is 229 g/mol. The van der Waals surface area contributed by atoms with Crippen molar-refractivity contribution in [1.82, 2.24) is 5.32 Å². The van der Waals surface area contributed by atoms with Crippen molar-refractivity contribution in [2.45, 2.75) is 32.4 Å². The van der Waals surface area contributed by atoms with Gasteiger partial charge >= 0.3 is 0 Å². The molecule has 90 valence electrons. The molecule has 0 saturated carbocycles. The van der Waals surface area contributed by atoms with Crippen LogP contribution < -0.4 is 5.32 Å². The Bertz CT molecular complexity index is 421. The van der Waals surface area contributed by atoms with E-state index in [9.17, 15) is 0 Å². The van der Waals surface area contributed by atoms with Crippen LogP contribution in [0.25, 0.3) is 0 Å². The first kappa shape index (κ1) is 11.9. The first-order valence-electron chi connectivity index (χ1n) is 6.15. The molecule has 0 fully saturated rings. The Hall–Kier alpha value is -1.54. The summed E-state index contributed by atoms with van der Waals surface area (Å²) in [5, 5.41) is 3.59. The molecule has 2 nitrogen and oxygen atoms in total. The van der Waals surface area contributed by atoms with Gasteiger partial charge in [-0.3, -0.25) is 0 Å². The molecule has 2 atom stereocenters. The predicted octanol–water partition coefficient (Wildman–Crippen LogP) is 4.08. The molecule has 2 unspecified atom stereocenters. The highest BCUT2D eigenvalue weighted by Gasteiger charge is 2.15. The van der Waals surface area contributed by atoms with Crippen molar-refractivity contribution in [1.29, 1.82) is 0 Å². The van der Waals surface area contributed by atoms with Crippen molar-refractivity contribution >= 4 is 0 Å². The maximum absolute atomic E-state index is 5.46. The molecule has 2 heteroatoms. The fourth-order valence-electron chi connectivity index (χ4n) is 2.03. The number of hydrogen-bond donors (Lipinski definition) is 1. The summed E-state index contributed by atoms with van der Waals surface area (Å²) < 4.78 is 5.46. The molecule has 0 bridgehead atoms. The zero-order chi connectivity index (χ0) is 12.1. The van der Waals surface area contributed by atoms with Gasteiger partial charge in [0.05, 0.1) is 12.3 Å². The van der Waals surface area contributed by atoms with Gasteiger partial charge in [0.2, 0.25) is 0 Å². The Kier molecular flexibility index (Phi) is 3.99. The molecule has 1 heterocycles. The monoisotopic (exact) mass is 229 g/mol. The number of benzene rings is 1. The fourth-order valence-corrected chi connectivity index (χ4v) is 2.03. The van der Waals surface area contributed by atoms with E-state index in [-0.39, 0.29) is 6.04 Å². The van der Waals surface area contributed by atoms with E-state index in [4.69, 9.17) is 4.42 Å². The van der Waals surface area contributed by atoms with Crippen LogP contribution in [-0.2, 0) is 0 Å². The fraction of sp³-hybridized carbons (Fsp3) is 0.333. The van der Waals surface area contributed by atoms with Crippen LogP contribution >= 0.6 is 0 Å². The number of rotatable bonds is 5. The van der Waals surface area contributed by atoms with Crippen LogP contribution in [0.3, 0.4) is 0 Å². The standard InChI is InChI=1S/C15H19NO/c1-3-14(15-10-7-11-17-15)16-12(2)13-8-5-4-6-9-13/h4-12,14,16H,3H2,1-2H3. The Morgan fingerprint density at radius 1 is 1.12 bits per heavy atom. The SMILES string of the molecule is CCC(NC(C)c1ccccc1)c1ccco1. The highest BCUT2D eigenvalue weighted by molar-refractivity contribution is 5.18. The molecule has 0 spiro atoms. The third kappa shape index (κ3) is 2.98. The van der Waals surface area contributed by atoms with Crippen LogP contribution in [0, 0.1) is 0 Å². The van der Waals surface area contributed by atoms with Crippen molar-refractivity contribution in [2.75, 3.05) is 0 Å². The lowest BCUT2D eigenvalue weighted by Gasteiger charge is -2.21. The molecular formula is C15H19NO. The Labute approximate surface area is 103 Å². The molecule has 17 heavy (non-hydrogen) atoms. The van der Waals surface area contributed by atoms with E-state index < -0.39 is 0 Å². The molecule has 0 radical (unpaired) electrons. The number of hydrogen-bond acceptors (Lipinski definition) is 2. The van der Waals surface area contributed by atoms with Crippen molar-refractivity contribution in [3.8, 4) is 0 Å². The zero-order valence-corrected chi connectivity index (χ0v) is 10.4. The molecule has 2 rings (SSSR count). The van der Waals surface area contributed by atoms with E-state index in [2.05, 4.69) is 43.4 Å². The van der Waals surface area contributed by atoms with Crippen LogP contribution in [0.2, 0.25) is 0 Å². The van der Waals surface area contributed by atoms with Crippen molar-refractivity contribution in [2.24, 2.45) is 0 Å². The van der Waals surface area contributed by atoms with Crippen LogP contribution in [0.1, 0.15) is 43.7 Å². The second-order valence-electron chi connectivity index (χ2n) is 4.28. The lowest BCUT2D eigenvalue weighted by atomic mass is 10.1.